The lowest BCUT2D eigenvalue weighted by Crippen LogP contribution is -2.48. The van der Waals surface area contributed by atoms with E-state index in [2.05, 4.69) is 15.5 Å². The van der Waals surface area contributed by atoms with Gasteiger partial charge >= 0.3 is 6.03 Å². The van der Waals surface area contributed by atoms with Gasteiger partial charge in [-0.15, -0.1) is 0 Å². The van der Waals surface area contributed by atoms with E-state index in [-0.39, 0.29) is 17.7 Å². The van der Waals surface area contributed by atoms with Crippen LogP contribution in [0.1, 0.15) is 51.6 Å². The average molecular weight is 308 g/mol. The fraction of sp³-hybridized carbons (Fsp3) is 0.750. The van der Waals surface area contributed by atoms with Crippen LogP contribution in [0.4, 0.5) is 4.79 Å². The van der Waals surface area contributed by atoms with Crippen molar-refractivity contribution < 1.29 is 9.53 Å². The molecule has 2 heterocycles. The molecule has 0 radical (unpaired) electrons. The summed E-state index contributed by atoms with van der Waals surface area (Å²) in [5.74, 6) is 0.483. The van der Waals surface area contributed by atoms with Crippen LogP contribution in [0.3, 0.4) is 0 Å². The summed E-state index contributed by atoms with van der Waals surface area (Å²) in [5.41, 5.74) is 0.954. The predicted molar refractivity (Wildman–Crippen MR) is 85.8 cm³/mol. The first kappa shape index (κ1) is 16.8. The highest BCUT2D eigenvalue weighted by Gasteiger charge is 2.26. The first-order valence-corrected chi connectivity index (χ1v) is 8.01. The minimum atomic E-state index is -0.222. The Balaban J connectivity index is 1.77. The molecule has 1 saturated heterocycles. The molecular formula is C16H28N4O2. The molecule has 1 aliphatic heterocycles. The number of carbonyl (C=O) groups is 1. The van der Waals surface area contributed by atoms with Crippen molar-refractivity contribution in [3.05, 3.63) is 18.0 Å². The van der Waals surface area contributed by atoms with E-state index in [1.54, 1.807) is 13.3 Å². The largest absolute Gasteiger partial charge is 0.379 e. The van der Waals surface area contributed by atoms with Crippen LogP contribution >= 0.6 is 0 Å². The highest BCUT2D eigenvalue weighted by Crippen LogP contribution is 2.26. The number of ether oxygens (including phenoxy) is 1. The number of carbonyl (C=O) groups excluding carboxylic acids is 1. The number of rotatable bonds is 5. The van der Waals surface area contributed by atoms with E-state index < -0.39 is 0 Å². The number of aromatic nitrogens is 2. The van der Waals surface area contributed by atoms with Crippen molar-refractivity contribution >= 4 is 6.03 Å². The molecule has 124 valence electrons. The van der Waals surface area contributed by atoms with Crippen LogP contribution in [0, 0.1) is 0 Å². The number of H-pyrrole nitrogens is 1. The van der Waals surface area contributed by atoms with Crippen molar-refractivity contribution in [2.45, 2.75) is 57.6 Å². The molecule has 22 heavy (non-hydrogen) atoms. The van der Waals surface area contributed by atoms with Gasteiger partial charge in [0.15, 0.2) is 0 Å². The minimum absolute atomic E-state index is 0.0301. The van der Waals surface area contributed by atoms with Crippen LogP contribution in [0.5, 0.6) is 0 Å². The Hall–Kier alpha value is -1.56. The van der Waals surface area contributed by atoms with Gasteiger partial charge in [0, 0.05) is 44.0 Å². The summed E-state index contributed by atoms with van der Waals surface area (Å²) in [4.78, 5) is 14.2. The summed E-state index contributed by atoms with van der Waals surface area (Å²) >= 11 is 0. The zero-order valence-corrected chi connectivity index (χ0v) is 14.1. The second kappa shape index (κ2) is 7.13. The Morgan fingerprint density at radius 3 is 2.77 bits per heavy atom. The van der Waals surface area contributed by atoms with Gasteiger partial charge in [0.25, 0.3) is 0 Å². The average Bonchev–Trinajstić information content (AvgIpc) is 3.01. The predicted octanol–water partition coefficient (Wildman–Crippen LogP) is 2.50. The summed E-state index contributed by atoms with van der Waals surface area (Å²) in [6, 6.07) is 2.14. The van der Waals surface area contributed by atoms with Crippen LogP contribution in [-0.4, -0.2) is 53.0 Å². The van der Waals surface area contributed by atoms with Gasteiger partial charge in [0.1, 0.15) is 0 Å². The van der Waals surface area contributed by atoms with Crippen molar-refractivity contribution in [1.29, 1.82) is 0 Å². The molecule has 6 nitrogen and oxygen atoms in total. The Kier molecular flexibility index (Phi) is 5.45. The van der Waals surface area contributed by atoms with E-state index >= 15 is 0 Å². The molecule has 1 aliphatic rings. The zero-order valence-electron chi connectivity index (χ0n) is 14.1. The number of nitrogens with zero attached hydrogens (tertiary/aromatic N) is 2. The topological polar surface area (TPSA) is 70.2 Å². The maximum atomic E-state index is 12.3. The van der Waals surface area contributed by atoms with Gasteiger partial charge in [0.05, 0.1) is 5.60 Å². The highest BCUT2D eigenvalue weighted by molar-refractivity contribution is 5.74. The molecule has 2 N–H and O–H groups in total. The first-order valence-electron chi connectivity index (χ1n) is 8.01. The van der Waals surface area contributed by atoms with E-state index in [1.807, 2.05) is 31.7 Å². The normalized spacial score (nSPS) is 18.3. The van der Waals surface area contributed by atoms with Crippen LogP contribution in [0.25, 0.3) is 0 Å². The number of urea groups is 1. The Labute approximate surface area is 132 Å². The Morgan fingerprint density at radius 1 is 1.55 bits per heavy atom. The molecule has 2 rings (SSSR count). The van der Waals surface area contributed by atoms with Crippen molar-refractivity contribution in [2.24, 2.45) is 0 Å². The molecule has 0 aromatic carbocycles. The quantitative estimate of drug-likeness (QED) is 0.878. The SMILES string of the molecule is COC(C)(C)C[C@H](C)NC(=O)N1CCC(c2ccn[nH]2)CC1. The van der Waals surface area contributed by atoms with Crippen molar-refractivity contribution in [3.63, 3.8) is 0 Å². The lowest BCUT2D eigenvalue weighted by atomic mass is 9.94. The van der Waals surface area contributed by atoms with Crippen LogP contribution in [0.2, 0.25) is 0 Å². The van der Waals surface area contributed by atoms with Crippen molar-refractivity contribution in [3.8, 4) is 0 Å². The van der Waals surface area contributed by atoms with E-state index in [0.29, 0.717) is 5.92 Å². The number of likely N-dealkylation sites (tertiary alicyclic amines) is 1. The van der Waals surface area contributed by atoms with Crippen LogP contribution < -0.4 is 5.32 Å². The standard InChI is InChI=1S/C16H28N4O2/c1-12(11-16(2,3)22-4)18-15(21)20-9-6-13(7-10-20)14-5-8-17-19-14/h5,8,12-13H,6-7,9-11H2,1-4H3,(H,17,19)(H,18,21)/t12-/m0/s1. The molecule has 2 amide bonds. The van der Waals surface area contributed by atoms with E-state index in [0.717, 1.165) is 32.4 Å². The summed E-state index contributed by atoms with van der Waals surface area (Å²) in [5, 5.41) is 10.1. The second-order valence-electron chi connectivity index (χ2n) is 6.79. The van der Waals surface area contributed by atoms with Crippen LogP contribution in [-0.2, 0) is 4.74 Å². The second-order valence-corrected chi connectivity index (χ2v) is 6.79. The summed E-state index contributed by atoms with van der Waals surface area (Å²) in [6.45, 7) is 7.67. The van der Waals surface area contributed by atoms with Gasteiger partial charge in [-0.25, -0.2) is 4.79 Å². The van der Waals surface area contributed by atoms with Gasteiger partial charge in [-0.05, 0) is 46.1 Å². The number of hydrogen-bond acceptors (Lipinski definition) is 3. The van der Waals surface area contributed by atoms with Gasteiger partial charge in [-0.1, -0.05) is 0 Å². The van der Waals surface area contributed by atoms with E-state index in [9.17, 15) is 4.79 Å². The first-order chi connectivity index (χ1) is 10.4. The molecular weight excluding hydrogens is 280 g/mol. The molecule has 0 aliphatic carbocycles. The third-order valence-corrected chi connectivity index (χ3v) is 4.46. The Morgan fingerprint density at radius 2 is 2.23 bits per heavy atom. The van der Waals surface area contributed by atoms with Gasteiger partial charge in [-0.2, -0.15) is 5.10 Å². The number of amides is 2. The molecule has 0 unspecified atom stereocenters. The zero-order chi connectivity index (χ0) is 16.2. The number of nitrogens with one attached hydrogen (secondary N) is 2. The fourth-order valence-electron chi connectivity index (χ4n) is 3.06. The Bertz CT molecular complexity index is 465. The smallest absolute Gasteiger partial charge is 0.317 e. The molecule has 1 aromatic rings. The van der Waals surface area contributed by atoms with Gasteiger partial charge in [-0.3, -0.25) is 5.10 Å². The molecule has 1 aromatic heterocycles. The lowest BCUT2D eigenvalue weighted by molar-refractivity contribution is 0.00907. The van der Waals surface area contributed by atoms with Crippen LogP contribution in [0.15, 0.2) is 12.3 Å². The van der Waals surface area contributed by atoms with E-state index in [1.165, 1.54) is 5.69 Å². The summed E-state index contributed by atoms with van der Waals surface area (Å²) in [7, 11) is 1.70. The molecule has 0 spiro atoms. The number of hydrogen-bond donors (Lipinski definition) is 2. The summed E-state index contributed by atoms with van der Waals surface area (Å²) < 4.78 is 5.42. The summed E-state index contributed by atoms with van der Waals surface area (Å²) in [6.07, 6.45) is 4.54. The number of piperidine rings is 1. The van der Waals surface area contributed by atoms with E-state index in [4.69, 9.17) is 4.74 Å². The van der Waals surface area contributed by atoms with Crippen molar-refractivity contribution in [1.82, 2.24) is 20.4 Å². The molecule has 1 atom stereocenters. The molecule has 0 saturated carbocycles. The van der Waals surface area contributed by atoms with Crippen molar-refractivity contribution in [2.75, 3.05) is 20.2 Å². The maximum Gasteiger partial charge on any atom is 0.317 e. The van der Waals surface area contributed by atoms with Gasteiger partial charge < -0.3 is 15.0 Å². The van der Waals surface area contributed by atoms with Gasteiger partial charge in [0.2, 0.25) is 0 Å². The number of methoxy groups -OCH3 is 1. The third kappa shape index (κ3) is 4.47. The fourth-order valence-corrected chi connectivity index (χ4v) is 3.06. The molecule has 0 bridgehead atoms. The highest BCUT2D eigenvalue weighted by atomic mass is 16.5. The minimum Gasteiger partial charge on any atom is -0.379 e. The lowest BCUT2D eigenvalue weighted by Gasteiger charge is -2.33. The molecule has 6 heteroatoms. The number of aromatic amines is 1. The molecule has 1 fully saturated rings. The third-order valence-electron chi connectivity index (χ3n) is 4.46. The maximum absolute atomic E-state index is 12.3. The monoisotopic (exact) mass is 308 g/mol.